The summed E-state index contributed by atoms with van der Waals surface area (Å²) in [4.78, 5) is 13.1. The minimum absolute atomic E-state index is 0.0718. The van der Waals surface area contributed by atoms with Gasteiger partial charge in [-0.05, 0) is 24.8 Å². The Hall–Kier alpha value is -1.42. The summed E-state index contributed by atoms with van der Waals surface area (Å²) >= 11 is 0. The normalized spacial score (nSPS) is 23.6. The SMILES string of the molecule is C[C@@H]1CCCC[C@H]1NC(=O)C[NH+](C)Cc1ccccc1F. The van der Waals surface area contributed by atoms with E-state index < -0.39 is 0 Å². The number of quaternary nitrogens is 1. The fraction of sp³-hybridized carbons (Fsp3) is 0.588. The van der Waals surface area contributed by atoms with Crippen LogP contribution < -0.4 is 10.2 Å². The van der Waals surface area contributed by atoms with E-state index in [2.05, 4.69) is 12.2 Å². The van der Waals surface area contributed by atoms with Crippen LogP contribution in [-0.2, 0) is 11.3 Å². The Morgan fingerprint density at radius 3 is 2.76 bits per heavy atom. The van der Waals surface area contributed by atoms with Crippen molar-refractivity contribution in [2.75, 3.05) is 13.6 Å². The van der Waals surface area contributed by atoms with Crippen LogP contribution in [0.25, 0.3) is 0 Å². The molecule has 1 unspecified atom stereocenters. The van der Waals surface area contributed by atoms with Gasteiger partial charge in [0, 0.05) is 11.6 Å². The first-order valence-electron chi connectivity index (χ1n) is 7.90. The van der Waals surface area contributed by atoms with Gasteiger partial charge in [-0.2, -0.15) is 0 Å². The van der Waals surface area contributed by atoms with Crippen LogP contribution in [0.3, 0.4) is 0 Å². The number of likely N-dealkylation sites (N-methyl/N-ethyl adjacent to an activating group) is 1. The van der Waals surface area contributed by atoms with Crippen molar-refractivity contribution >= 4 is 5.91 Å². The Balaban J connectivity index is 1.80. The standard InChI is InChI=1S/C17H25FN2O/c1-13-7-3-6-10-16(13)19-17(21)12-20(2)11-14-8-4-5-9-15(14)18/h4-5,8-9,13,16H,3,6-7,10-12H2,1-2H3,(H,19,21)/p+1/t13-,16-/m1/s1. The first-order chi connectivity index (χ1) is 10.1. The predicted octanol–water partition coefficient (Wildman–Crippen LogP) is 1.54. The van der Waals surface area contributed by atoms with E-state index in [1.54, 1.807) is 12.1 Å². The number of nitrogens with one attached hydrogen (secondary N) is 2. The highest BCUT2D eigenvalue weighted by molar-refractivity contribution is 5.77. The van der Waals surface area contributed by atoms with E-state index in [-0.39, 0.29) is 11.7 Å². The number of rotatable bonds is 5. The van der Waals surface area contributed by atoms with Crippen LogP contribution in [0.15, 0.2) is 24.3 Å². The maximum Gasteiger partial charge on any atom is 0.275 e. The largest absolute Gasteiger partial charge is 0.348 e. The molecule has 1 amide bonds. The number of hydrogen-bond acceptors (Lipinski definition) is 1. The Kier molecular flexibility index (Phi) is 5.74. The highest BCUT2D eigenvalue weighted by Crippen LogP contribution is 2.23. The average Bonchev–Trinajstić information content (AvgIpc) is 2.44. The molecule has 0 saturated heterocycles. The summed E-state index contributed by atoms with van der Waals surface area (Å²) in [5.41, 5.74) is 0.661. The maximum atomic E-state index is 13.6. The van der Waals surface area contributed by atoms with E-state index in [0.29, 0.717) is 30.6 Å². The van der Waals surface area contributed by atoms with E-state index >= 15 is 0 Å². The molecule has 21 heavy (non-hydrogen) atoms. The van der Waals surface area contributed by atoms with Crippen molar-refractivity contribution in [3.05, 3.63) is 35.6 Å². The molecular weight excluding hydrogens is 267 g/mol. The molecule has 2 rings (SSSR count). The average molecular weight is 293 g/mol. The monoisotopic (exact) mass is 293 g/mol. The fourth-order valence-corrected chi connectivity index (χ4v) is 3.09. The van der Waals surface area contributed by atoms with Crippen LogP contribution in [0, 0.1) is 11.7 Å². The molecule has 0 heterocycles. The molecule has 3 atom stereocenters. The summed E-state index contributed by atoms with van der Waals surface area (Å²) in [7, 11) is 1.93. The number of benzene rings is 1. The number of hydrogen-bond donors (Lipinski definition) is 2. The summed E-state index contributed by atoms with van der Waals surface area (Å²) < 4.78 is 13.6. The Bertz CT molecular complexity index is 478. The molecule has 3 nitrogen and oxygen atoms in total. The number of amides is 1. The highest BCUT2D eigenvalue weighted by atomic mass is 19.1. The molecule has 0 bridgehead atoms. The third-order valence-electron chi connectivity index (χ3n) is 4.37. The van der Waals surface area contributed by atoms with Crippen molar-refractivity contribution in [3.63, 3.8) is 0 Å². The van der Waals surface area contributed by atoms with Crippen LogP contribution in [0.5, 0.6) is 0 Å². The Morgan fingerprint density at radius 2 is 2.05 bits per heavy atom. The number of halogens is 1. The minimum atomic E-state index is -0.196. The van der Waals surface area contributed by atoms with Gasteiger partial charge in [-0.1, -0.05) is 38.0 Å². The molecule has 116 valence electrons. The van der Waals surface area contributed by atoms with Crippen LogP contribution in [-0.4, -0.2) is 25.5 Å². The number of carbonyl (C=O) groups excluding carboxylic acids is 1. The minimum Gasteiger partial charge on any atom is -0.348 e. The van der Waals surface area contributed by atoms with Crippen molar-refractivity contribution in [3.8, 4) is 0 Å². The first kappa shape index (κ1) is 16.0. The van der Waals surface area contributed by atoms with Gasteiger partial charge in [-0.3, -0.25) is 4.79 Å². The summed E-state index contributed by atoms with van der Waals surface area (Å²) in [5, 5.41) is 3.15. The lowest BCUT2D eigenvalue weighted by Crippen LogP contribution is -3.09. The third-order valence-corrected chi connectivity index (χ3v) is 4.37. The van der Waals surface area contributed by atoms with Crippen LogP contribution in [0.1, 0.15) is 38.2 Å². The van der Waals surface area contributed by atoms with Gasteiger partial charge < -0.3 is 10.2 Å². The summed E-state index contributed by atoms with van der Waals surface area (Å²) in [6.45, 7) is 3.12. The maximum absolute atomic E-state index is 13.6. The lowest BCUT2D eigenvalue weighted by Gasteiger charge is -2.29. The third kappa shape index (κ3) is 4.81. The van der Waals surface area contributed by atoms with E-state index in [1.165, 1.54) is 25.3 Å². The molecule has 0 radical (unpaired) electrons. The van der Waals surface area contributed by atoms with Gasteiger partial charge in [-0.15, -0.1) is 0 Å². The van der Waals surface area contributed by atoms with Gasteiger partial charge in [0.1, 0.15) is 12.4 Å². The molecule has 0 aliphatic heterocycles. The van der Waals surface area contributed by atoms with Crippen LogP contribution in [0.2, 0.25) is 0 Å². The lowest BCUT2D eigenvalue weighted by molar-refractivity contribution is -0.885. The van der Waals surface area contributed by atoms with E-state index in [0.717, 1.165) is 11.3 Å². The molecule has 1 fully saturated rings. The van der Waals surface area contributed by atoms with E-state index in [1.807, 2.05) is 13.1 Å². The smallest absolute Gasteiger partial charge is 0.275 e. The van der Waals surface area contributed by atoms with Crippen LogP contribution in [0.4, 0.5) is 4.39 Å². The molecule has 0 spiro atoms. The second kappa shape index (κ2) is 7.55. The molecule has 1 aromatic rings. The summed E-state index contributed by atoms with van der Waals surface area (Å²) in [6, 6.07) is 7.07. The summed E-state index contributed by atoms with van der Waals surface area (Å²) in [5.74, 6) is 0.440. The molecule has 1 saturated carbocycles. The fourth-order valence-electron chi connectivity index (χ4n) is 3.09. The van der Waals surface area contributed by atoms with Crippen LogP contribution >= 0.6 is 0 Å². The van der Waals surface area contributed by atoms with Gasteiger partial charge in [0.2, 0.25) is 0 Å². The Morgan fingerprint density at radius 1 is 1.33 bits per heavy atom. The molecule has 4 heteroatoms. The van der Waals surface area contributed by atoms with Crippen molar-refractivity contribution in [2.45, 2.75) is 45.2 Å². The quantitative estimate of drug-likeness (QED) is 0.848. The zero-order valence-corrected chi connectivity index (χ0v) is 13.0. The zero-order valence-electron chi connectivity index (χ0n) is 13.0. The molecule has 1 aliphatic rings. The second-order valence-corrected chi connectivity index (χ2v) is 6.34. The van der Waals surface area contributed by atoms with Gasteiger partial charge >= 0.3 is 0 Å². The second-order valence-electron chi connectivity index (χ2n) is 6.34. The Labute approximate surface area is 126 Å². The van der Waals surface area contributed by atoms with Crippen molar-refractivity contribution in [2.24, 2.45) is 5.92 Å². The van der Waals surface area contributed by atoms with Gasteiger partial charge in [-0.25, -0.2) is 4.39 Å². The predicted molar refractivity (Wildman–Crippen MR) is 81.4 cm³/mol. The van der Waals surface area contributed by atoms with E-state index in [9.17, 15) is 9.18 Å². The van der Waals surface area contributed by atoms with Gasteiger partial charge in [0.25, 0.3) is 5.91 Å². The summed E-state index contributed by atoms with van der Waals surface area (Å²) in [6.07, 6.45) is 4.75. The zero-order chi connectivity index (χ0) is 15.2. The highest BCUT2D eigenvalue weighted by Gasteiger charge is 2.23. The number of carbonyl (C=O) groups is 1. The van der Waals surface area contributed by atoms with Crippen molar-refractivity contribution in [1.82, 2.24) is 5.32 Å². The van der Waals surface area contributed by atoms with Crippen molar-refractivity contribution < 1.29 is 14.1 Å². The van der Waals surface area contributed by atoms with Gasteiger partial charge in [0.05, 0.1) is 7.05 Å². The molecule has 1 aliphatic carbocycles. The molecule has 1 aromatic carbocycles. The van der Waals surface area contributed by atoms with E-state index in [4.69, 9.17) is 0 Å². The first-order valence-corrected chi connectivity index (χ1v) is 7.90. The molecule has 2 N–H and O–H groups in total. The topological polar surface area (TPSA) is 33.5 Å². The molecular formula is C17H26FN2O+. The molecule has 0 aromatic heterocycles. The van der Waals surface area contributed by atoms with Gasteiger partial charge in [0.15, 0.2) is 6.54 Å². The lowest BCUT2D eigenvalue weighted by atomic mass is 9.86. The van der Waals surface area contributed by atoms with Crippen molar-refractivity contribution in [1.29, 1.82) is 0 Å².